The van der Waals surface area contributed by atoms with Crippen LogP contribution in [0.5, 0.6) is 11.5 Å². The van der Waals surface area contributed by atoms with Crippen molar-refractivity contribution in [2.45, 2.75) is 6.42 Å². The number of hydrogen-bond acceptors (Lipinski definition) is 4. The topological polar surface area (TPSA) is 79.9 Å². The third kappa shape index (κ3) is 4.48. The van der Waals surface area contributed by atoms with Gasteiger partial charge in [-0.3, -0.25) is 4.79 Å². The van der Waals surface area contributed by atoms with Gasteiger partial charge in [-0.1, -0.05) is 17.7 Å². The minimum atomic E-state index is -0.371. The van der Waals surface area contributed by atoms with Gasteiger partial charge < -0.3 is 25.0 Å². The van der Waals surface area contributed by atoms with Crippen LogP contribution in [0.3, 0.4) is 0 Å². The highest BCUT2D eigenvalue weighted by atomic mass is 35.5. The monoisotopic (exact) mass is 403 g/mol. The molecule has 3 rings (SSSR count). The lowest BCUT2D eigenvalue weighted by atomic mass is 10.1. The van der Waals surface area contributed by atoms with Crippen LogP contribution in [0.1, 0.15) is 6.42 Å². The molecule has 2 N–H and O–H groups in total. The molecular weight excluding hydrogens is 382 g/mol. The quantitative estimate of drug-likeness (QED) is 0.773. The Morgan fingerprint density at radius 2 is 1.93 bits per heavy atom. The smallest absolute Gasteiger partial charge is 0.319 e. The van der Waals surface area contributed by atoms with Crippen LogP contribution >= 0.6 is 11.6 Å². The average molecular weight is 404 g/mol. The molecule has 3 amide bonds. The van der Waals surface area contributed by atoms with Gasteiger partial charge in [0.2, 0.25) is 5.91 Å². The Morgan fingerprint density at radius 1 is 1.18 bits per heavy atom. The molecule has 0 aliphatic carbocycles. The Bertz CT molecular complexity index is 857. The summed E-state index contributed by atoms with van der Waals surface area (Å²) >= 11 is 5.90. The SMILES string of the molecule is COc1cccc(NC(=O)NCC2CC(=O)N(c3ccc(Cl)cc3)C2)c1OC. The summed E-state index contributed by atoms with van der Waals surface area (Å²) < 4.78 is 10.5. The summed E-state index contributed by atoms with van der Waals surface area (Å²) in [4.78, 5) is 26.3. The highest BCUT2D eigenvalue weighted by Gasteiger charge is 2.30. The van der Waals surface area contributed by atoms with E-state index >= 15 is 0 Å². The fourth-order valence-corrected chi connectivity index (χ4v) is 3.30. The lowest BCUT2D eigenvalue weighted by Gasteiger charge is -2.17. The van der Waals surface area contributed by atoms with Crippen LogP contribution in [0.4, 0.5) is 16.2 Å². The van der Waals surface area contributed by atoms with Gasteiger partial charge in [0.15, 0.2) is 11.5 Å². The maximum Gasteiger partial charge on any atom is 0.319 e. The van der Waals surface area contributed by atoms with Crippen molar-refractivity contribution < 1.29 is 19.1 Å². The summed E-state index contributed by atoms with van der Waals surface area (Å²) in [6.07, 6.45) is 0.380. The second kappa shape index (κ2) is 8.84. The first-order chi connectivity index (χ1) is 13.5. The number of methoxy groups -OCH3 is 2. The Kier molecular flexibility index (Phi) is 6.26. The maximum absolute atomic E-state index is 12.3. The van der Waals surface area contributed by atoms with E-state index < -0.39 is 0 Å². The van der Waals surface area contributed by atoms with Crippen LogP contribution in [-0.2, 0) is 4.79 Å². The number of ether oxygens (including phenoxy) is 2. The fraction of sp³-hybridized carbons (Fsp3) is 0.300. The largest absolute Gasteiger partial charge is 0.493 e. The summed E-state index contributed by atoms with van der Waals surface area (Å²) in [5.74, 6) is 1.04. The number of carbonyl (C=O) groups excluding carboxylic acids is 2. The van der Waals surface area contributed by atoms with Gasteiger partial charge in [0.05, 0.1) is 19.9 Å². The summed E-state index contributed by atoms with van der Waals surface area (Å²) in [5.41, 5.74) is 1.31. The molecule has 1 aliphatic heterocycles. The zero-order valence-corrected chi connectivity index (χ0v) is 16.5. The number of hydrogen-bond donors (Lipinski definition) is 2. The molecule has 0 radical (unpaired) electrons. The minimum absolute atomic E-state index is 0.0288. The minimum Gasteiger partial charge on any atom is -0.493 e. The Balaban J connectivity index is 1.56. The number of amides is 3. The molecule has 0 saturated carbocycles. The van der Waals surface area contributed by atoms with E-state index in [1.54, 1.807) is 35.2 Å². The highest BCUT2D eigenvalue weighted by Crippen LogP contribution is 2.34. The fourth-order valence-electron chi connectivity index (χ4n) is 3.18. The number of nitrogens with zero attached hydrogens (tertiary/aromatic N) is 1. The molecule has 0 bridgehead atoms. The summed E-state index contributed by atoms with van der Waals surface area (Å²) in [6, 6.07) is 12.0. The molecule has 1 unspecified atom stereocenters. The van der Waals surface area contributed by atoms with Crippen molar-refractivity contribution in [1.82, 2.24) is 5.32 Å². The van der Waals surface area contributed by atoms with Crippen LogP contribution in [0, 0.1) is 5.92 Å². The average Bonchev–Trinajstić information content (AvgIpc) is 3.07. The molecule has 2 aromatic rings. The van der Waals surface area contributed by atoms with E-state index in [1.807, 2.05) is 12.1 Å². The molecule has 1 aliphatic rings. The first-order valence-corrected chi connectivity index (χ1v) is 9.21. The van der Waals surface area contributed by atoms with E-state index in [2.05, 4.69) is 10.6 Å². The van der Waals surface area contributed by atoms with Gasteiger partial charge in [0, 0.05) is 36.1 Å². The van der Waals surface area contributed by atoms with Crippen LogP contribution in [-0.4, -0.2) is 39.2 Å². The van der Waals surface area contributed by atoms with Gasteiger partial charge in [-0.05, 0) is 36.4 Å². The van der Waals surface area contributed by atoms with Crippen molar-refractivity contribution in [1.29, 1.82) is 0 Å². The van der Waals surface area contributed by atoms with Gasteiger partial charge in [-0.25, -0.2) is 4.79 Å². The number of para-hydroxylation sites is 1. The molecule has 1 atom stereocenters. The standard InChI is InChI=1S/C20H22ClN3O4/c1-27-17-5-3-4-16(19(17)28-2)23-20(26)22-11-13-10-18(25)24(12-13)15-8-6-14(21)7-9-15/h3-9,13H,10-12H2,1-2H3,(H2,22,23,26). The lowest BCUT2D eigenvalue weighted by Crippen LogP contribution is -2.34. The second-order valence-corrected chi connectivity index (χ2v) is 6.86. The normalized spacial score (nSPS) is 16.0. The zero-order chi connectivity index (χ0) is 20.1. The Morgan fingerprint density at radius 3 is 2.61 bits per heavy atom. The van der Waals surface area contributed by atoms with E-state index in [4.69, 9.17) is 21.1 Å². The van der Waals surface area contributed by atoms with Crippen molar-refractivity contribution >= 4 is 34.9 Å². The second-order valence-electron chi connectivity index (χ2n) is 6.43. The first-order valence-electron chi connectivity index (χ1n) is 8.83. The number of halogens is 1. The van der Waals surface area contributed by atoms with Crippen molar-refractivity contribution in [3.8, 4) is 11.5 Å². The first kappa shape index (κ1) is 19.8. The molecule has 7 nitrogen and oxygen atoms in total. The zero-order valence-electron chi connectivity index (χ0n) is 15.7. The van der Waals surface area contributed by atoms with Crippen LogP contribution < -0.4 is 25.0 Å². The Hall–Kier alpha value is -2.93. The van der Waals surface area contributed by atoms with Gasteiger partial charge >= 0.3 is 6.03 Å². The van der Waals surface area contributed by atoms with Crippen LogP contribution in [0.25, 0.3) is 0 Å². The third-order valence-corrected chi connectivity index (χ3v) is 4.80. The van der Waals surface area contributed by atoms with Gasteiger partial charge in [0.1, 0.15) is 0 Å². The van der Waals surface area contributed by atoms with Crippen molar-refractivity contribution in [2.75, 3.05) is 37.5 Å². The van der Waals surface area contributed by atoms with Crippen LogP contribution in [0.2, 0.25) is 5.02 Å². The molecule has 1 saturated heterocycles. The van der Waals surface area contributed by atoms with E-state index in [0.717, 1.165) is 5.69 Å². The molecule has 148 valence electrons. The van der Waals surface area contributed by atoms with E-state index in [1.165, 1.54) is 14.2 Å². The van der Waals surface area contributed by atoms with Crippen molar-refractivity contribution in [2.24, 2.45) is 5.92 Å². The number of urea groups is 1. The number of anilines is 2. The molecule has 1 heterocycles. The van der Waals surface area contributed by atoms with Crippen molar-refractivity contribution in [3.63, 3.8) is 0 Å². The predicted molar refractivity (Wildman–Crippen MR) is 108 cm³/mol. The molecule has 0 spiro atoms. The summed E-state index contributed by atoms with van der Waals surface area (Å²) in [6.45, 7) is 0.928. The number of carbonyl (C=O) groups is 2. The van der Waals surface area contributed by atoms with Crippen LogP contribution in [0.15, 0.2) is 42.5 Å². The molecule has 1 fully saturated rings. The molecular formula is C20H22ClN3O4. The molecule has 28 heavy (non-hydrogen) atoms. The van der Waals surface area contributed by atoms with E-state index in [0.29, 0.717) is 41.7 Å². The Labute approximate surface area is 168 Å². The third-order valence-electron chi connectivity index (χ3n) is 4.55. The van der Waals surface area contributed by atoms with E-state index in [9.17, 15) is 9.59 Å². The molecule has 0 aromatic heterocycles. The van der Waals surface area contributed by atoms with Gasteiger partial charge in [-0.2, -0.15) is 0 Å². The highest BCUT2D eigenvalue weighted by molar-refractivity contribution is 6.30. The van der Waals surface area contributed by atoms with Gasteiger partial charge in [-0.15, -0.1) is 0 Å². The number of benzene rings is 2. The van der Waals surface area contributed by atoms with Crippen molar-refractivity contribution in [3.05, 3.63) is 47.5 Å². The number of nitrogens with one attached hydrogen (secondary N) is 2. The summed E-state index contributed by atoms with van der Waals surface area (Å²) in [7, 11) is 3.04. The number of rotatable bonds is 6. The maximum atomic E-state index is 12.3. The molecule has 2 aromatic carbocycles. The predicted octanol–water partition coefficient (Wildman–Crippen LogP) is 3.53. The summed E-state index contributed by atoms with van der Waals surface area (Å²) in [5, 5.41) is 6.19. The lowest BCUT2D eigenvalue weighted by molar-refractivity contribution is -0.117. The molecule has 8 heteroatoms. The van der Waals surface area contributed by atoms with E-state index in [-0.39, 0.29) is 17.9 Å². The van der Waals surface area contributed by atoms with Gasteiger partial charge in [0.25, 0.3) is 0 Å².